The summed E-state index contributed by atoms with van der Waals surface area (Å²) >= 11 is 0. The van der Waals surface area contributed by atoms with Gasteiger partial charge in [-0.1, -0.05) is 50.2 Å². The fourth-order valence-electron chi connectivity index (χ4n) is 7.64. The summed E-state index contributed by atoms with van der Waals surface area (Å²) < 4.78 is 18.6. The van der Waals surface area contributed by atoms with Crippen molar-refractivity contribution in [1.29, 1.82) is 0 Å². The molecule has 3 aliphatic heterocycles. The van der Waals surface area contributed by atoms with Crippen molar-refractivity contribution in [1.82, 2.24) is 4.90 Å². The van der Waals surface area contributed by atoms with Crippen LogP contribution < -0.4 is 19.6 Å². The Morgan fingerprint density at radius 2 is 1.80 bits per heavy atom. The van der Waals surface area contributed by atoms with Crippen LogP contribution in [0, 0.1) is 5.92 Å². The van der Waals surface area contributed by atoms with Gasteiger partial charge in [0.25, 0.3) is 0 Å². The van der Waals surface area contributed by atoms with Gasteiger partial charge < -0.3 is 29.1 Å². The monoisotopic (exact) mass is 622 g/mol. The predicted octanol–water partition coefficient (Wildman–Crippen LogP) is 5.44. The van der Waals surface area contributed by atoms with Crippen LogP contribution in [0.25, 0.3) is 0 Å². The topological polar surface area (TPSA) is 88.5 Å². The van der Waals surface area contributed by atoms with Gasteiger partial charge in [0.2, 0.25) is 11.8 Å². The maximum atomic E-state index is 13.9. The predicted molar refractivity (Wildman–Crippen MR) is 176 cm³/mol. The van der Waals surface area contributed by atoms with Gasteiger partial charge in [0.05, 0.1) is 33.9 Å². The van der Waals surface area contributed by atoms with Crippen LogP contribution in [0.1, 0.15) is 70.0 Å². The molecule has 2 saturated heterocycles. The molecule has 3 aliphatic rings. The van der Waals surface area contributed by atoms with E-state index in [4.69, 9.17) is 14.2 Å². The molecule has 5 rings (SSSR count). The lowest BCUT2D eigenvalue weighted by molar-refractivity contribution is -0.133. The van der Waals surface area contributed by atoms with Crippen molar-refractivity contribution < 1.29 is 28.9 Å². The van der Waals surface area contributed by atoms with Crippen molar-refractivity contribution >= 4 is 30.8 Å². The number of ether oxygens (including phenoxy) is 3. The summed E-state index contributed by atoms with van der Waals surface area (Å²) in [4.78, 5) is 30.8. The fourth-order valence-corrected chi connectivity index (χ4v) is 11.0. The average molecular weight is 623 g/mol. The quantitative estimate of drug-likeness (QED) is 0.375. The number of hydrogen-bond acceptors (Lipinski definition) is 6. The number of methoxy groups -OCH3 is 2. The maximum absolute atomic E-state index is 13.9. The number of nitrogens with zero attached hydrogens (tertiary/aromatic N) is 2. The molecule has 5 atom stereocenters. The third-order valence-corrected chi connectivity index (χ3v) is 14.6. The molecule has 0 bridgehead atoms. The van der Waals surface area contributed by atoms with Crippen LogP contribution in [-0.2, 0) is 14.3 Å². The standard InChI is InChI=1S/C35H50N2O6Si/c1-24-34(42-3)29-21-25(36-19-9-7-6-8-12-32(36)39)13-18-30(29)43-35(24)31(22-33(40)37-20-10-11-26(37)23-38)44(4,5)28-16-14-27(41-2)15-17-28/h13-18,21,24,26,31,34-35,38H,6-12,19-20,22-23H2,1-5H3/t24-,26-,31?,34-,35-/m0/s1. The second kappa shape index (κ2) is 14.0. The Kier molecular flexibility index (Phi) is 10.4. The molecule has 8 nitrogen and oxygen atoms in total. The molecule has 0 saturated carbocycles. The number of aliphatic hydroxyl groups excluding tert-OH is 1. The molecular weight excluding hydrogens is 572 g/mol. The van der Waals surface area contributed by atoms with Gasteiger partial charge in [-0.15, -0.1) is 0 Å². The first kappa shape index (κ1) is 32.5. The van der Waals surface area contributed by atoms with E-state index < -0.39 is 8.07 Å². The van der Waals surface area contributed by atoms with Crippen LogP contribution in [0.3, 0.4) is 0 Å². The average Bonchev–Trinajstić information content (AvgIpc) is 3.51. The number of hydrogen-bond donors (Lipinski definition) is 1. The number of benzene rings is 2. The van der Waals surface area contributed by atoms with Gasteiger partial charge in [-0.2, -0.15) is 0 Å². The molecular formula is C35H50N2O6Si. The first-order chi connectivity index (χ1) is 21.2. The third-order valence-electron chi connectivity index (χ3n) is 10.4. The van der Waals surface area contributed by atoms with E-state index in [1.807, 2.05) is 34.1 Å². The van der Waals surface area contributed by atoms with E-state index in [1.165, 1.54) is 5.19 Å². The third kappa shape index (κ3) is 6.55. The van der Waals surface area contributed by atoms with Gasteiger partial charge in [0, 0.05) is 55.8 Å². The highest BCUT2D eigenvalue weighted by Gasteiger charge is 2.49. The first-order valence-corrected chi connectivity index (χ1v) is 19.5. The van der Waals surface area contributed by atoms with Crippen molar-refractivity contribution in [3.8, 4) is 11.5 Å². The van der Waals surface area contributed by atoms with Gasteiger partial charge in [-0.25, -0.2) is 0 Å². The minimum absolute atomic E-state index is 0.00693. The zero-order chi connectivity index (χ0) is 31.4. The van der Waals surface area contributed by atoms with E-state index in [1.54, 1.807) is 14.2 Å². The minimum Gasteiger partial charge on any atom is -0.497 e. The van der Waals surface area contributed by atoms with Crippen molar-refractivity contribution in [2.24, 2.45) is 5.92 Å². The molecule has 2 amide bonds. The Balaban J connectivity index is 1.50. The lowest BCUT2D eigenvalue weighted by Crippen LogP contribution is -2.55. The highest BCUT2D eigenvalue weighted by atomic mass is 28.3. The first-order valence-electron chi connectivity index (χ1n) is 16.4. The van der Waals surface area contributed by atoms with Gasteiger partial charge in [-0.05, 0) is 56.0 Å². The summed E-state index contributed by atoms with van der Waals surface area (Å²) in [5.41, 5.74) is 1.80. The van der Waals surface area contributed by atoms with E-state index in [0.717, 1.165) is 67.8 Å². The number of amides is 2. The summed E-state index contributed by atoms with van der Waals surface area (Å²) in [6, 6.07) is 14.2. The van der Waals surface area contributed by atoms with Crippen LogP contribution in [-0.4, -0.2) is 76.0 Å². The van der Waals surface area contributed by atoms with E-state index in [0.29, 0.717) is 19.4 Å². The number of aliphatic hydroxyl groups is 1. The molecule has 2 aromatic carbocycles. The van der Waals surface area contributed by atoms with Gasteiger partial charge in [0.15, 0.2) is 0 Å². The van der Waals surface area contributed by atoms with Crippen LogP contribution in [0.2, 0.25) is 18.6 Å². The smallest absolute Gasteiger partial charge is 0.226 e. The molecule has 9 heteroatoms. The van der Waals surface area contributed by atoms with E-state index >= 15 is 0 Å². The number of fused-ring (bicyclic) bond motifs is 1. The SMILES string of the molecule is COc1ccc([Si](C)(C)C(CC(=O)N2CCC[C@H]2CO)[C@H]2Oc3ccc(N4CCCCCCC4=O)cc3[C@@H](OC)[C@@H]2C)cc1. The molecule has 0 aliphatic carbocycles. The van der Waals surface area contributed by atoms with Crippen LogP contribution in [0.15, 0.2) is 42.5 Å². The van der Waals surface area contributed by atoms with Gasteiger partial charge in [-0.3, -0.25) is 9.59 Å². The Bertz CT molecular complexity index is 1300. The maximum Gasteiger partial charge on any atom is 0.226 e. The summed E-state index contributed by atoms with van der Waals surface area (Å²) in [6.07, 6.45) is 6.36. The van der Waals surface area contributed by atoms with Crippen molar-refractivity contribution in [2.75, 3.05) is 38.8 Å². The number of carbonyl (C=O) groups is 2. The molecule has 0 spiro atoms. The lowest BCUT2D eigenvalue weighted by atomic mass is 9.86. The zero-order valence-corrected chi connectivity index (χ0v) is 28.1. The number of likely N-dealkylation sites (tertiary alicyclic amines) is 1. The molecule has 0 radical (unpaired) electrons. The number of rotatable bonds is 9. The minimum atomic E-state index is -2.34. The number of carbonyl (C=O) groups excluding carboxylic acids is 2. The zero-order valence-electron chi connectivity index (χ0n) is 27.1. The molecule has 3 heterocycles. The highest BCUT2D eigenvalue weighted by molar-refractivity contribution is 6.91. The lowest BCUT2D eigenvalue weighted by Gasteiger charge is -2.46. The van der Waals surface area contributed by atoms with Crippen LogP contribution >= 0.6 is 0 Å². The van der Waals surface area contributed by atoms with Crippen molar-refractivity contribution in [3.63, 3.8) is 0 Å². The Morgan fingerprint density at radius 1 is 1.05 bits per heavy atom. The summed E-state index contributed by atoms with van der Waals surface area (Å²) in [5.74, 6) is 1.78. The molecule has 1 unspecified atom stereocenters. The van der Waals surface area contributed by atoms with E-state index in [-0.39, 0.29) is 48.1 Å². The van der Waals surface area contributed by atoms with Gasteiger partial charge in [0.1, 0.15) is 17.6 Å². The molecule has 2 fully saturated rings. The largest absolute Gasteiger partial charge is 0.497 e. The molecule has 44 heavy (non-hydrogen) atoms. The van der Waals surface area contributed by atoms with Gasteiger partial charge >= 0.3 is 0 Å². The Morgan fingerprint density at radius 3 is 2.50 bits per heavy atom. The van der Waals surface area contributed by atoms with E-state index in [2.05, 4.69) is 38.2 Å². The second-order valence-corrected chi connectivity index (χ2v) is 18.1. The molecule has 1 N–H and O–H groups in total. The molecule has 240 valence electrons. The fraction of sp³-hybridized carbons (Fsp3) is 0.600. The van der Waals surface area contributed by atoms with Crippen molar-refractivity contribution in [2.45, 2.75) is 95.2 Å². The summed E-state index contributed by atoms with van der Waals surface area (Å²) in [6.45, 7) is 8.22. The summed E-state index contributed by atoms with van der Waals surface area (Å²) in [7, 11) is 1.07. The van der Waals surface area contributed by atoms with Crippen LogP contribution in [0.4, 0.5) is 5.69 Å². The van der Waals surface area contributed by atoms with Crippen LogP contribution in [0.5, 0.6) is 11.5 Å². The second-order valence-electron chi connectivity index (χ2n) is 13.4. The van der Waals surface area contributed by atoms with E-state index in [9.17, 15) is 14.7 Å². The normalized spacial score (nSPS) is 25.1. The van der Waals surface area contributed by atoms with Crippen molar-refractivity contribution in [3.05, 3.63) is 48.0 Å². The molecule has 2 aromatic rings. The Hall–Kier alpha value is -2.88. The highest BCUT2D eigenvalue weighted by Crippen LogP contribution is 2.48. The Labute approximate surface area is 263 Å². The number of anilines is 1. The summed E-state index contributed by atoms with van der Waals surface area (Å²) in [5, 5.41) is 11.2. The molecule has 0 aromatic heterocycles.